The number of hydrogen-bond donors (Lipinski definition) is 2. The van der Waals surface area contributed by atoms with E-state index in [1.807, 2.05) is 0 Å². The summed E-state index contributed by atoms with van der Waals surface area (Å²) in [4.78, 5) is 39.3. The van der Waals surface area contributed by atoms with Crippen molar-refractivity contribution in [2.75, 3.05) is 26.3 Å². The highest BCUT2D eigenvalue weighted by atomic mass is 32.3. The molecule has 188 valence electrons. The standard InChI is InChI=1S/C20H34N4O8S/c1-5-30-18(26)20(3,4)12-31-33(28,29)32-24-15-6-7-16(23(13(15)2)19(24)27)17(25)22-14-8-10-21-11-9-14/h13-16,21H,5-12H2,1-4H3,(H,22,25)/t13-,15-,16+/m1/s1. The van der Waals surface area contributed by atoms with E-state index < -0.39 is 52.5 Å². The molecule has 3 rings (SSSR count). The summed E-state index contributed by atoms with van der Waals surface area (Å²) >= 11 is 0. The highest BCUT2D eigenvalue weighted by Gasteiger charge is 2.54. The molecule has 0 aromatic rings. The van der Waals surface area contributed by atoms with Crippen LogP contribution in [-0.4, -0.2) is 86.8 Å². The van der Waals surface area contributed by atoms with Crippen LogP contribution in [0.25, 0.3) is 0 Å². The molecule has 3 amide bonds. The Balaban J connectivity index is 1.63. The molecule has 0 saturated carbocycles. The Labute approximate surface area is 194 Å². The first-order chi connectivity index (χ1) is 15.5. The first-order valence-corrected chi connectivity index (χ1v) is 12.7. The van der Waals surface area contributed by atoms with Crippen molar-refractivity contribution in [2.24, 2.45) is 5.41 Å². The van der Waals surface area contributed by atoms with Crippen LogP contribution >= 0.6 is 0 Å². The Morgan fingerprint density at radius 2 is 1.85 bits per heavy atom. The summed E-state index contributed by atoms with van der Waals surface area (Å²) in [5.41, 5.74) is -1.23. The smallest absolute Gasteiger partial charge is 0.421 e. The molecule has 0 aromatic heterocycles. The molecular formula is C20H34N4O8S. The van der Waals surface area contributed by atoms with Crippen molar-refractivity contribution in [3.8, 4) is 0 Å². The average molecular weight is 491 g/mol. The number of nitrogens with one attached hydrogen (secondary N) is 2. The summed E-state index contributed by atoms with van der Waals surface area (Å²) in [6.07, 6.45) is 2.43. The summed E-state index contributed by atoms with van der Waals surface area (Å²) in [5.74, 6) is -0.853. The molecule has 0 aromatic carbocycles. The van der Waals surface area contributed by atoms with Gasteiger partial charge >= 0.3 is 22.4 Å². The third-order valence-corrected chi connectivity index (χ3v) is 7.08. The van der Waals surface area contributed by atoms with Gasteiger partial charge in [0.25, 0.3) is 0 Å². The second-order valence-corrected chi connectivity index (χ2v) is 10.5. The van der Waals surface area contributed by atoms with Gasteiger partial charge in [-0.2, -0.15) is 13.5 Å². The monoisotopic (exact) mass is 490 g/mol. The minimum Gasteiger partial charge on any atom is -0.466 e. The minimum atomic E-state index is -4.64. The van der Waals surface area contributed by atoms with E-state index in [0.717, 1.165) is 31.0 Å². The molecule has 12 nitrogen and oxygen atoms in total. The van der Waals surface area contributed by atoms with E-state index in [1.54, 1.807) is 13.8 Å². The zero-order valence-corrected chi connectivity index (χ0v) is 20.4. The average Bonchev–Trinajstić information content (AvgIpc) is 2.89. The largest absolute Gasteiger partial charge is 0.466 e. The van der Waals surface area contributed by atoms with Crippen LogP contribution in [-0.2, 0) is 33.2 Å². The summed E-state index contributed by atoms with van der Waals surface area (Å²) in [5, 5.41) is 7.02. The maximum absolute atomic E-state index is 13.0. The zero-order valence-electron chi connectivity index (χ0n) is 19.5. The molecule has 0 aliphatic carbocycles. The van der Waals surface area contributed by atoms with Crippen LogP contribution < -0.4 is 10.6 Å². The highest BCUT2D eigenvalue weighted by Crippen LogP contribution is 2.36. The number of hydrogen-bond acceptors (Lipinski definition) is 9. The van der Waals surface area contributed by atoms with Gasteiger partial charge < -0.3 is 20.3 Å². The number of urea groups is 1. The van der Waals surface area contributed by atoms with E-state index in [1.165, 1.54) is 18.7 Å². The molecule has 3 aliphatic heterocycles. The van der Waals surface area contributed by atoms with E-state index in [9.17, 15) is 22.8 Å². The van der Waals surface area contributed by atoms with Gasteiger partial charge in [0.15, 0.2) is 0 Å². The van der Waals surface area contributed by atoms with Crippen molar-refractivity contribution < 1.29 is 36.0 Å². The van der Waals surface area contributed by atoms with Crippen molar-refractivity contribution in [3.63, 3.8) is 0 Å². The molecule has 3 fully saturated rings. The molecule has 2 bridgehead atoms. The Morgan fingerprint density at radius 3 is 2.48 bits per heavy atom. The van der Waals surface area contributed by atoms with Crippen LogP contribution in [0.4, 0.5) is 4.79 Å². The number of carbonyl (C=O) groups excluding carboxylic acids is 3. The van der Waals surface area contributed by atoms with E-state index >= 15 is 0 Å². The van der Waals surface area contributed by atoms with Crippen molar-refractivity contribution in [2.45, 2.75) is 77.5 Å². The van der Waals surface area contributed by atoms with E-state index in [-0.39, 0.29) is 18.6 Å². The normalized spacial score (nSPS) is 26.4. The fraction of sp³-hybridized carbons (Fsp3) is 0.850. The predicted molar refractivity (Wildman–Crippen MR) is 116 cm³/mol. The molecule has 13 heteroatoms. The SMILES string of the molecule is CCOC(=O)C(C)(C)COS(=O)(=O)ON1C(=O)N2[C@H](C)[C@H]1CC[C@H]2C(=O)NC1CCNCC1. The Kier molecular flexibility index (Phi) is 7.87. The van der Waals surface area contributed by atoms with Gasteiger partial charge in [0.1, 0.15) is 6.04 Å². The zero-order chi connectivity index (χ0) is 24.4. The predicted octanol–water partition coefficient (Wildman–Crippen LogP) is 0.294. The van der Waals surface area contributed by atoms with Gasteiger partial charge in [0.05, 0.1) is 30.7 Å². The molecule has 3 atom stereocenters. The molecule has 3 aliphatic rings. The van der Waals surface area contributed by atoms with Crippen molar-refractivity contribution in [1.29, 1.82) is 0 Å². The number of fused-ring (bicyclic) bond motifs is 2. The summed E-state index contributed by atoms with van der Waals surface area (Å²) in [6, 6.07) is -2.31. The van der Waals surface area contributed by atoms with Crippen LogP contribution in [0.3, 0.4) is 0 Å². The first kappa shape index (κ1) is 25.7. The van der Waals surface area contributed by atoms with Crippen LogP contribution in [0, 0.1) is 5.41 Å². The summed E-state index contributed by atoms with van der Waals surface area (Å²) in [7, 11) is -4.64. The highest BCUT2D eigenvalue weighted by molar-refractivity contribution is 7.81. The lowest BCUT2D eigenvalue weighted by molar-refractivity contribution is -0.155. The fourth-order valence-electron chi connectivity index (χ4n) is 4.39. The van der Waals surface area contributed by atoms with Gasteiger partial charge in [-0.25, -0.2) is 8.98 Å². The second-order valence-electron chi connectivity index (χ2n) is 9.30. The van der Waals surface area contributed by atoms with Crippen molar-refractivity contribution in [3.05, 3.63) is 0 Å². The number of ether oxygens (including phenoxy) is 1. The maximum Gasteiger partial charge on any atom is 0.421 e. The number of nitrogens with zero attached hydrogens (tertiary/aromatic N) is 2. The summed E-state index contributed by atoms with van der Waals surface area (Å²) < 4.78 is 39.7. The van der Waals surface area contributed by atoms with Gasteiger partial charge in [-0.05, 0) is 66.5 Å². The molecule has 3 heterocycles. The first-order valence-electron chi connectivity index (χ1n) is 11.4. The molecule has 0 spiro atoms. The van der Waals surface area contributed by atoms with Gasteiger partial charge in [0.2, 0.25) is 5.91 Å². The van der Waals surface area contributed by atoms with E-state index in [4.69, 9.17) is 13.2 Å². The topological polar surface area (TPSA) is 144 Å². The van der Waals surface area contributed by atoms with E-state index in [0.29, 0.717) is 12.8 Å². The van der Waals surface area contributed by atoms with Crippen LogP contribution in [0.1, 0.15) is 53.4 Å². The lowest BCUT2D eigenvalue weighted by Crippen LogP contribution is -2.56. The van der Waals surface area contributed by atoms with Crippen molar-refractivity contribution in [1.82, 2.24) is 20.6 Å². The Hall–Kier alpha value is -1.96. The molecule has 0 unspecified atom stereocenters. The molecule has 3 saturated heterocycles. The maximum atomic E-state index is 13.0. The van der Waals surface area contributed by atoms with Gasteiger partial charge in [-0.3, -0.25) is 9.59 Å². The number of esters is 1. The van der Waals surface area contributed by atoms with Crippen molar-refractivity contribution >= 4 is 28.3 Å². The van der Waals surface area contributed by atoms with Crippen LogP contribution in [0.2, 0.25) is 0 Å². The third-order valence-electron chi connectivity index (χ3n) is 6.33. The minimum absolute atomic E-state index is 0.0494. The van der Waals surface area contributed by atoms with Gasteiger partial charge in [-0.1, -0.05) is 0 Å². The Bertz CT molecular complexity index is 858. The third kappa shape index (κ3) is 5.76. The molecule has 2 N–H and O–H groups in total. The molecule has 0 radical (unpaired) electrons. The quantitative estimate of drug-likeness (QED) is 0.436. The number of rotatable bonds is 9. The van der Waals surface area contributed by atoms with Gasteiger partial charge in [-0.15, -0.1) is 4.28 Å². The molecular weight excluding hydrogens is 456 g/mol. The lowest BCUT2D eigenvalue weighted by Gasteiger charge is -2.36. The molecule has 33 heavy (non-hydrogen) atoms. The van der Waals surface area contributed by atoms with Crippen LogP contribution in [0.5, 0.6) is 0 Å². The number of carbonyl (C=O) groups is 3. The van der Waals surface area contributed by atoms with Crippen LogP contribution in [0.15, 0.2) is 0 Å². The Morgan fingerprint density at radius 1 is 1.18 bits per heavy atom. The van der Waals surface area contributed by atoms with Gasteiger partial charge in [0, 0.05) is 6.04 Å². The second kappa shape index (κ2) is 10.1. The number of hydroxylamine groups is 2. The lowest BCUT2D eigenvalue weighted by atomic mass is 9.93. The van der Waals surface area contributed by atoms with E-state index in [2.05, 4.69) is 10.6 Å². The summed E-state index contributed by atoms with van der Waals surface area (Å²) in [6.45, 7) is 7.64. The number of amides is 3. The fourth-order valence-corrected chi connectivity index (χ4v) is 5.24. The number of piperidine rings is 2.